The zero-order valence-electron chi connectivity index (χ0n) is 14.5. The van der Waals surface area contributed by atoms with E-state index in [-0.39, 0.29) is 18.0 Å². The second kappa shape index (κ2) is 9.39. The number of nitrogens with one attached hydrogen (secondary N) is 1. The van der Waals surface area contributed by atoms with E-state index in [1.807, 2.05) is 44.2 Å². The molecule has 1 aromatic rings. The molecule has 1 aliphatic heterocycles. The van der Waals surface area contributed by atoms with Crippen molar-refractivity contribution in [3.05, 3.63) is 35.9 Å². The number of ether oxygens (including phenoxy) is 1. The number of carbonyl (C=O) groups is 2. The van der Waals surface area contributed by atoms with Crippen molar-refractivity contribution in [1.29, 1.82) is 0 Å². The number of nitrogens with zero attached hydrogens (tertiary/aromatic N) is 2. The quantitative estimate of drug-likeness (QED) is 0.751. The summed E-state index contributed by atoms with van der Waals surface area (Å²) in [6.45, 7) is 8.11. The Balaban J connectivity index is 1.63. The lowest BCUT2D eigenvalue weighted by molar-refractivity contribution is -0.149. The summed E-state index contributed by atoms with van der Waals surface area (Å²) in [5, 5.41) is 2.94. The van der Waals surface area contributed by atoms with Crippen LogP contribution in [0.5, 0.6) is 0 Å². The number of benzene rings is 1. The van der Waals surface area contributed by atoms with Crippen molar-refractivity contribution >= 4 is 11.9 Å². The fraction of sp³-hybridized carbons (Fsp3) is 0.556. The van der Waals surface area contributed by atoms with Crippen molar-refractivity contribution in [1.82, 2.24) is 15.1 Å². The Morgan fingerprint density at radius 3 is 2.21 bits per heavy atom. The van der Waals surface area contributed by atoms with Crippen LogP contribution in [0, 0.1) is 0 Å². The lowest BCUT2D eigenvalue weighted by Crippen LogP contribution is -2.50. The first-order valence-corrected chi connectivity index (χ1v) is 8.48. The van der Waals surface area contributed by atoms with Gasteiger partial charge in [-0.15, -0.1) is 0 Å². The molecule has 0 bridgehead atoms. The van der Waals surface area contributed by atoms with Gasteiger partial charge in [0.05, 0.1) is 19.2 Å². The zero-order chi connectivity index (χ0) is 17.4. The fourth-order valence-corrected chi connectivity index (χ4v) is 2.64. The molecule has 1 fully saturated rings. The van der Waals surface area contributed by atoms with Gasteiger partial charge in [0.15, 0.2) is 0 Å². The van der Waals surface area contributed by atoms with Crippen LogP contribution in [0.25, 0.3) is 0 Å². The molecular formula is C18H27N3O3. The summed E-state index contributed by atoms with van der Waals surface area (Å²) in [5.74, 6) is -0.148. The molecule has 1 aromatic carbocycles. The molecule has 0 aliphatic carbocycles. The van der Waals surface area contributed by atoms with Crippen molar-refractivity contribution in [2.45, 2.75) is 26.5 Å². The van der Waals surface area contributed by atoms with Gasteiger partial charge in [0.2, 0.25) is 5.91 Å². The molecule has 1 heterocycles. The Labute approximate surface area is 143 Å². The number of rotatable bonds is 7. The molecule has 2 rings (SSSR count). The molecule has 1 aliphatic rings. The summed E-state index contributed by atoms with van der Waals surface area (Å²) in [6, 6.07) is 9.88. The first kappa shape index (κ1) is 18.4. The molecule has 0 aromatic heterocycles. The second-order valence-electron chi connectivity index (χ2n) is 6.35. The first-order valence-electron chi connectivity index (χ1n) is 8.48. The van der Waals surface area contributed by atoms with Crippen molar-refractivity contribution in [2.75, 3.05) is 39.3 Å². The maximum absolute atomic E-state index is 12.0. The van der Waals surface area contributed by atoms with Gasteiger partial charge in [0, 0.05) is 32.7 Å². The predicted molar refractivity (Wildman–Crippen MR) is 92.4 cm³/mol. The number of esters is 1. The van der Waals surface area contributed by atoms with E-state index in [1.54, 1.807) is 0 Å². The summed E-state index contributed by atoms with van der Waals surface area (Å²) >= 11 is 0. The molecule has 6 heteroatoms. The smallest absolute Gasteiger partial charge is 0.320 e. The highest BCUT2D eigenvalue weighted by atomic mass is 16.5. The zero-order valence-corrected chi connectivity index (χ0v) is 14.5. The molecule has 1 N–H and O–H groups in total. The predicted octanol–water partition coefficient (Wildman–Crippen LogP) is 0.872. The van der Waals surface area contributed by atoms with E-state index < -0.39 is 0 Å². The Hall–Kier alpha value is -1.92. The van der Waals surface area contributed by atoms with Crippen LogP contribution in [0.1, 0.15) is 19.4 Å². The molecule has 132 valence electrons. The van der Waals surface area contributed by atoms with Crippen molar-refractivity contribution in [2.24, 2.45) is 0 Å². The minimum atomic E-state index is -0.181. The maximum atomic E-state index is 12.0. The van der Waals surface area contributed by atoms with Crippen LogP contribution in [0.3, 0.4) is 0 Å². The van der Waals surface area contributed by atoms with E-state index in [0.29, 0.717) is 19.6 Å². The SMILES string of the molecule is CC(C)OC(=O)CN1CCN(CC(=O)NCc2ccccc2)CC1. The molecular weight excluding hydrogens is 306 g/mol. The van der Waals surface area contributed by atoms with Gasteiger partial charge in [-0.2, -0.15) is 0 Å². The van der Waals surface area contributed by atoms with Gasteiger partial charge >= 0.3 is 5.97 Å². The van der Waals surface area contributed by atoms with Crippen molar-refractivity contribution in [3.63, 3.8) is 0 Å². The maximum Gasteiger partial charge on any atom is 0.320 e. The van der Waals surface area contributed by atoms with E-state index in [9.17, 15) is 9.59 Å². The van der Waals surface area contributed by atoms with Gasteiger partial charge in [-0.1, -0.05) is 30.3 Å². The third-order valence-electron chi connectivity index (χ3n) is 3.88. The Kier molecular flexibility index (Phi) is 7.21. The van der Waals surface area contributed by atoms with Crippen LogP contribution in [0.15, 0.2) is 30.3 Å². The number of hydrogen-bond donors (Lipinski definition) is 1. The largest absolute Gasteiger partial charge is 0.462 e. The van der Waals surface area contributed by atoms with Gasteiger partial charge in [-0.05, 0) is 19.4 Å². The van der Waals surface area contributed by atoms with Crippen molar-refractivity contribution in [3.8, 4) is 0 Å². The Bertz CT molecular complexity index is 526. The minimum absolute atomic E-state index is 0.0338. The van der Waals surface area contributed by atoms with Gasteiger partial charge < -0.3 is 10.1 Å². The van der Waals surface area contributed by atoms with Crippen LogP contribution < -0.4 is 5.32 Å². The Morgan fingerprint density at radius 1 is 1.04 bits per heavy atom. The van der Waals surface area contributed by atoms with Crippen molar-refractivity contribution < 1.29 is 14.3 Å². The minimum Gasteiger partial charge on any atom is -0.462 e. The lowest BCUT2D eigenvalue weighted by Gasteiger charge is -2.33. The van der Waals surface area contributed by atoms with E-state index in [4.69, 9.17) is 4.74 Å². The Morgan fingerprint density at radius 2 is 1.62 bits per heavy atom. The fourth-order valence-electron chi connectivity index (χ4n) is 2.64. The molecule has 6 nitrogen and oxygen atoms in total. The summed E-state index contributed by atoms with van der Waals surface area (Å²) in [6.07, 6.45) is -0.0768. The monoisotopic (exact) mass is 333 g/mol. The number of hydrogen-bond acceptors (Lipinski definition) is 5. The first-order chi connectivity index (χ1) is 11.5. The molecule has 1 amide bonds. The van der Waals surface area contributed by atoms with Crippen LogP contribution >= 0.6 is 0 Å². The molecule has 0 radical (unpaired) electrons. The molecule has 0 atom stereocenters. The molecule has 0 spiro atoms. The number of amides is 1. The highest BCUT2D eigenvalue weighted by Gasteiger charge is 2.21. The normalized spacial score (nSPS) is 16.1. The summed E-state index contributed by atoms with van der Waals surface area (Å²) in [7, 11) is 0. The highest BCUT2D eigenvalue weighted by Crippen LogP contribution is 2.03. The van der Waals surface area contributed by atoms with Crippen LogP contribution in [0.2, 0.25) is 0 Å². The molecule has 24 heavy (non-hydrogen) atoms. The number of piperazine rings is 1. The number of carbonyl (C=O) groups excluding carboxylic acids is 2. The third-order valence-corrected chi connectivity index (χ3v) is 3.88. The topological polar surface area (TPSA) is 61.9 Å². The second-order valence-corrected chi connectivity index (χ2v) is 6.35. The highest BCUT2D eigenvalue weighted by molar-refractivity contribution is 5.78. The summed E-state index contributed by atoms with van der Waals surface area (Å²) in [5.41, 5.74) is 1.10. The standard InChI is InChI=1S/C18H27N3O3/c1-15(2)24-18(23)14-21-10-8-20(9-11-21)13-17(22)19-12-16-6-4-3-5-7-16/h3-7,15H,8-14H2,1-2H3,(H,19,22). The van der Waals surface area contributed by atoms with Crippen LogP contribution in [-0.4, -0.2) is 67.0 Å². The van der Waals surface area contributed by atoms with E-state index in [1.165, 1.54) is 0 Å². The average molecular weight is 333 g/mol. The van der Waals surface area contributed by atoms with Crippen LogP contribution in [-0.2, 0) is 20.9 Å². The molecule has 1 saturated heterocycles. The van der Waals surface area contributed by atoms with Gasteiger partial charge in [0.25, 0.3) is 0 Å². The van der Waals surface area contributed by atoms with Gasteiger partial charge in [0.1, 0.15) is 0 Å². The molecule has 0 saturated carbocycles. The van der Waals surface area contributed by atoms with Gasteiger partial charge in [-0.3, -0.25) is 19.4 Å². The van der Waals surface area contributed by atoms with E-state index >= 15 is 0 Å². The van der Waals surface area contributed by atoms with Crippen LogP contribution in [0.4, 0.5) is 0 Å². The summed E-state index contributed by atoms with van der Waals surface area (Å²) in [4.78, 5) is 27.9. The third kappa shape index (κ3) is 6.68. The summed E-state index contributed by atoms with van der Waals surface area (Å²) < 4.78 is 5.16. The average Bonchev–Trinajstić information content (AvgIpc) is 2.55. The molecule has 0 unspecified atom stereocenters. The van der Waals surface area contributed by atoms with Gasteiger partial charge in [-0.25, -0.2) is 0 Å². The van der Waals surface area contributed by atoms with E-state index in [2.05, 4.69) is 15.1 Å². The lowest BCUT2D eigenvalue weighted by atomic mass is 10.2. The van der Waals surface area contributed by atoms with E-state index in [0.717, 1.165) is 31.7 Å².